The van der Waals surface area contributed by atoms with Gasteiger partial charge in [0.25, 0.3) is 0 Å². The average molecular weight is 186 g/mol. The molecular formula is C6H4NO4S. The Morgan fingerprint density at radius 3 is 2.42 bits per heavy atom. The Kier molecular flexibility index (Phi) is 2.20. The van der Waals surface area contributed by atoms with Gasteiger partial charge >= 0.3 is 10.1 Å². The zero-order valence-electron chi connectivity index (χ0n) is 5.80. The molecule has 0 amide bonds. The largest absolute Gasteiger partial charge is 0.324 e. The highest BCUT2D eigenvalue weighted by Gasteiger charge is 2.11. The molecule has 0 aliphatic heterocycles. The smallest absolute Gasteiger partial charge is 0.192 e. The molecule has 0 aliphatic rings. The zero-order valence-corrected chi connectivity index (χ0v) is 6.61. The zero-order chi connectivity index (χ0) is 9.19. The lowest BCUT2D eigenvalue weighted by molar-refractivity contribution is 0.414. The van der Waals surface area contributed by atoms with Gasteiger partial charge in [-0.3, -0.25) is 0 Å². The van der Waals surface area contributed by atoms with Gasteiger partial charge in [-0.15, -0.1) is 4.91 Å². The topological polar surface area (TPSA) is 83.5 Å². The summed E-state index contributed by atoms with van der Waals surface area (Å²) < 4.78 is 31.2. The van der Waals surface area contributed by atoms with E-state index in [1.54, 1.807) is 0 Å². The molecular weight excluding hydrogens is 182 g/mol. The molecule has 0 aliphatic carbocycles. The molecule has 6 heteroatoms. The summed E-state index contributed by atoms with van der Waals surface area (Å²) in [6, 6.07) is 4.62. The summed E-state index contributed by atoms with van der Waals surface area (Å²) in [4.78, 5) is 9.49. The van der Waals surface area contributed by atoms with Gasteiger partial charge in [-0.05, 0) is 23.4 Å². The van der Waals surface area contributed by atoms with E-state index in [4.69, 9.17) is 0 Å². The lowest BCUT2D eigenvalue weighted by Gasteiger charge is -1.93. The van der Waals surface area contributed by atoms with Gasteiger partial charge in [0.05, 0.1) is 4.90 Å². The quantitative estimate of drug-likeness (QED) is 0.650. The molecule has 12 heavy (non-hydrogen) atoms. The molecule has 0 aromatic heterocycles. The van der Waals surface area contributed by atoms with Crippen molar-refractivity contribution in [1.82, 2.24) is 0 Å². The fourth-order valence-corrected chi connectivity index (χ4v) is 1.21. The van der Waals surface area contributed by atoms with Gasteiger partial charge in [-0.1, -0.05) is 10.6 Å². The Labute approximate surface area is 68.8 Å². The summed E-state index contributed by atoms with van der Waals surface area (Å²) in [5.41, 5.74) is -0.0769. The first-order valence-corrected chi connectivity index (χ1v) is 4.34. The average Bonchev–Trinajstić information content (AvgIpc) is 2.03. The van der Waals surface area contributed by atoms with Crippen molar-refractivity contribution in [1.29, 1.82) is 0 Å². The van der Waals surface area contributed by atoms with Crippen LogP contribution in [0.4, 0.5) is 5.69 Å². The second-order valence-electron chi connectivity index (χ2n) is 2.04. The highest BCUT2D eigenvalue weighted by atomic mass is 32.2. The second-order valence-corrected chi connectivity index (χ2v) is 3.42. The van der Waals surface area contributed by atoms with Gasteiger partial charge in [-0.2, -0.15) is 8.42 Å². The lowest BCUT2D eigenvalue weighted by atomic mass is 10.3. The molecule has 1 rings (SSSR count). The summed E-state index contributed by atoms with van der Waals surface area (Å²) in [7, 11) is -4.48. The van der Waals surface area contributed by atoms with Crippen molar-refractivity contribution in [2.45, 2.75) is 4.90 Å². The Morgan fingerprint density at radius 1 is 1.25 bits per heavy atom. The molecule has 1 radical (unpaired) electrons. The second kappa shape index (κ2) is 3.00. The molecule has 5 nitrogen and oxygen atoms in total. The minimum Gasteiger partial charge on any atom is -0.192 e. The van der Waals surface area contributed by atoms with Crippen molar-refractivity contribution in [2.24, 2.45) is 5.18 Å². The fraction of sp³-hybridized carbons (Fsp3) is 0. The Balaban J connectivity index is 3.29. The third-order valence-corrected chi connectivity index (χ3v) is 2.04. The van der Waals surface area contributed by atoms with Gasteiger partial charge < -0.3 is 0 Å². The van der Waals surface area contributed by atoms with Gasteiger partial charge in [0.2, 0.25) is 0 Å². The number of benzene rings is 1. The Morgan fingerprint density at radius 2 is 1.92 bits per heavy atom. The van der Waals surface area contributed by atoms with Gasteiger partial charge in [0.1, 0.15) is 5.69 Å². The monoisotopic (exact) mass is 186 g/mol. The molecule has 0 spiro atoms. The van der Waals surface area contributed by atoms with E-state index < -0.39 is 15.0 Å². The van der Waals surface area contributed by atoms with E-state index in [1.165, 1.54) is 12.1 Å². The van der Waals surface area contributed by atoms with Crippen LogP contribution in [0.25, 0.3) is 0 Å². The molecule has 0 saturated carbocycles. The van der Waals surface area contributed by atoms with Crippen LogP contribution in [0.2, 0.25) is 0 Å². The van der Waals surface area contributed by atoms with Crippen molar-refractivity contribution >= 4 is 15.8 Å². The summed E-state index contributed by atoms with van der Waals surface area (Å²) in [6.07, 6.45) is 0. The molecule has 0 N–H and O–H groups in total. The van der Waals surface area contributed by atoms with Crippen LogP contribution >= 0.6 is 0 Å². The van der Waals surface area contributed by atoms with Crippen LogP contribution in [0.5, 0.6) is 0 Å². The molecule has 0 atom stereocenters. The van der Waals surface area contributed by atoms with Crippen LogP contribution in [-0.2, 0) is 14.7 Å². The normalized spacial score (nSPS) is 11.1. The molecule has 0 bridgehead atoms. The van der Waals surface area contributed by atoms with E-state index >= 15 is 0 Å². The highest BCUT2D eigenvalue weighted by molar-refractivity contribution is 7.85. The number of hydrogen-bond acceptors (Lipinski definition) is 4. The van der Waals surface area contributed by atoms with Crippen LogP contribution in [0.3, 0.4) is 0 Å². The summed E-state index contributed by atoms with van der Waals surface area (Å²) in [5, 5.41) is 2.49. The maximum absolute atomic E-state index is 10.4. The summed E-state index contributed by atoms with van der Waals surface area (Å²) in [6.45, 7) is 0. The van der Waals surface area contributed by atoms with E-state index in [1.807, 2.05) is 0 Å². The maximum atomic E-state index is 10.4. The van der Waals surface area contributed by atoms with E-state index in [2.05, 4.69) is 5.18 Å². The van der Waals surface area contributed by atoms with E-state index in [-0.39, 0.29) is 5.69 Å². The number of hydrogen-bond donors (Lipinski definition) is 0. The lowest BCUT2D eigenvalue weighted by Crippen LogP contribution is -1.94. The highest BCUT2D eigenvalue weighted by Crippen LogP contribution is 2.17. The van der Waals surface area contributed by atoms with Gasteiger partial charge in [-0.25, -0.2) is 0 Å². The first kappa shape index (κ1) is 8.82. The minimum absolute atomic E-state index is 0.0769. The molecule has 0 saturated heterocycles. The molecule has 0 unspecified atom stereocenters. The van der Waals surface area contributed by atoms with Gasteiger partial charge in [0.15, 0.2) is 0 Å². The predicted molar refractivity (Wildman–Crippen MR) is 39.8 cm³/mol. The first-order chi connectivity index (χ1) is 5.54. The van der Waals surface area contributed by atoms with E-state index in [9.17, 15) is 17.9 Å². The van der Waals surface area contributed by atoms with Crippen molar-refractivity contribution in [2.75, 3.05) is 0 Å². The van der Waals surface area contributed by atoms with Crippen LogP contribution in [0.1, 0.15) is 0 Å². The summed E-state index contributed by atoms with van der Waals surface area (Å²) in [5.74, 6) is 0. The maximum Gasteiger partial charge on any atom is 0.324 e. The molecule has 1 aromatic rings. The van der Waals surface area contributed by atoms with Crippen molar-refractivity contribution < 1.29 is 13.0 Å². The molecule has 1 aromatic carbocycles. The van der Waals surface area contributed by atoms with Crippen LogP contribution < -0.4 is 0 Å². The number of nitroso groups, excluding NO2 is 1. The Bertz CT molecular complexity index is 398. The molecule has 0 heterocycles. The SMILES string of the molecule is [O]S(=O)(=O)c1cccc(N=O)c1. The fourth-order valence-electron chi connectivity index (χ4n) is 0.696. The van der Waals surface area contributed by atoms with Crippen LogP contribution in [0.15, 0.2) is 34.3 Å². The third kappa shape index (κ3) is 1.86. The standard InChI is InChI=1S/C6H4NO4S/c8-7-5-2-1-3-6(4-5)12(9,10)11/h1-4H. The van der Waals surface area contributed by atoms with Crippen LogP contribution in [-0.4, -0.2) is 8.42 Å². The first-order valence-electron chi connectivity index (χ1n) is 2.93. The van der Waals surface area contributed by atoms with E-state index in [0.29, 0.717) is 0 Å². The number of rotatable bonds is 2. The van der Waals surface area contributed by atoms with Crippen LogP contribution in [0, 0.1) is 4.91 Å². The van der Waals surface area contributed by atoms with Gasteiger partial charge in [0, 0.05) is 0 Å². The molecule has 63 valence electrons. The van der Waals surface area contributed by atoms with E-state index in [0.717, 1.165) is 12.1 Å². The number of nitrogens with zero attached hydrogens (tertiary/aromatic N) is 1. The van der Waals surface area contributed by atoms with Crippen molar-refractivity contribution in [3.63, 3.8) is 0 Å². The third-order valence-electron chi connectivity index (χ3n) is 1.21. The van der Waals surface area contributed by atoms with Crippen molar-refractivity contribution in [3.05, 3.63) is 29.2 Å². The Hall–Kier alpha value is -1.27. The molecule has 0 fully saturated rings. The minimum atomic E-state index is -4.48. The predicted octanol–water partition coefficient (Wildman–Crippen LogP) is 1.20. The summed E-state index contributed by atoms with van der Waals surface area (Å²) >= 11 is 0. The van der Waals surface area contributed by atoms with Crippen molar-refractivity contribution in [3.8, 4) is 0 Å².